The number of carbonyl (C=O) groups is 2. The highest BCUT2D eigenvalue weighted by Gasteiger charge is 2.35. The molecular weight excluding hydrogens is 378 g/mol. The van der Waals surface area contributed by atoms with Gasteiger partial charge in [0.15, 0.2) is 5.69 Å². The van der Waals surface area contributed by atoms with E-state index in [-0.39, 0.29) is 17.5 Å². The average molecular weight is 398 g/mol. The number of nitrogens with two attached hydrogens (primary N) is 1. The normalized spacial score (nSPS) is 18.8. The van der Waals surface area contributed by atoms with Crippen LogP contribution in [0.5, 0.6) is 0 Å². The van der Waals surface area contributed by atoms with Crippen LogP contribution in [0.3, 0.4) is 0 Å². The molecule has 1 aliphatic carbocycles. The number of benzene rings is 1. The number of aromatic amines is 2. The van der Waals surface area contributed by atoms with Crippen molar-refractivity contribution in [2.45, 2.75) is 38.1 Å². The number of rotatable bonds is 2. The van der Waals surface area contributed by atoms with Crippen molar-refractivity contribution in [3.8, 4) is 0 Å². The maximum absolute atomic E-state index is 13.4. The highest BCUT2D eigenvalue weighted by atomic mass is 35.5. The van der Waals surface area contributed by atoms with Crippen molar-refractivity contribution >= 4 is 34.3 Å². The molecule has 28 heavy (non-hydrogen) atoms. The lowest BCUT2D eigenvalue weighted by Crippen LogP contribution is -2.40. The molecule has 1 aromatic carbocycles. The summed E-state index contributed by atoms with van der Waals surface area (Å²) < 4.78 is 0. The number of aryl methyl sites for hydroxylation is 1. The highest BCUT2D eigenvalue weighted by molar-refractivity contribution is 6.31. The molecule has 0 saturated heterocycles. The summed E-state index contributed by atoms with van der Waals surface area (Å²) in [6.07, 6.45) is 3.35. The molecule has 7 nitrogen and oxygen atoms in total. The Kier molecular flexibility index (Phi) is 3.94. The lowest BCUT2D eigenvalue weighted by atomic mass is 9.85. The SMILES string of the molecule is NC(=O)c1n[nH]c2c1CN(C(=O)C1CCCc3c1[nH]c1ccc(Cl)cc31)CC2. The van der Waals surface area contributed by atoms with Crippen molar-refractivity contribution in [2.24, 2.45) is 5.73 Å². The summed E-state index contributed by atoms with van der Waals surface area (Å²) in [5.41, 5.74) is 10.5. The van der Waals surface area contributed by atoms with Crippen molar-refractivity contribution in [3.63, 3.8) is 0 Å². The number of nitrogens with one attached hydrogen (secondary N) is 2. The Bertz CT molecular complexity index is 1120. The number of primary amides is 1. The van der Waals surface area contributed by atoms with Gasteiger partial charge < -0.3 is 15.6 Å². The molecule has 4 N–H and O–H groups in total. The molecule has 8 heteroatoms. The predicted octanol–water partition coefficient (Wildman–Crippen LogP) is 2.65. The van der Waals surface area contributed by atoms with Gasteiger partial charge in [0.2, 0.25) is 5.91 Å². The van der Waals surface area contributed by atoms with Gasteiger partial charge in [0.1, 0.15) is 0 Å². The van der Waals surface area contributed by atoms with Crippen LogP contribution in [0.2, 0.25) is 5.02 Å². The van der Waals surface area contributed by atoms with E-state index in [0.717, 1.165) is 47.1 Å². The smallest absolute Gasteiger partial charge is 0.269 e. The first kappa shape index (κ1) is 17.3. The molecule has 2 aliphatic rings. The molecule has 0 fully saturated rings. The van der Waals surface area contributed by atoms with Gasteiger partial charge in [0.05, 0.1) is 5.92 Å². The second kappa shape index (κ2) is 6.38. The molecule has 0 spiro atoms. The van der Waals surface area contributed by atoms with Gasteiger partial charge in [-0.1, -0.05) is 11.6 Å². The van der Waals surface area contributed by atoms with Gasteiger partial charge in [-0.05, 0) is 43.0 Å². The van der Waals surface area contributed by atoms with E-state index in [0.29, 0.717) is 24.5 Å². The minimum atomic E-state index is -0.570. The third-order valence-electron chi connectivity index (χ3n) is 5.95. The van der Waals surface area contributed by atoms with Crippen LogP contribution in [-0.4, -0.2) is 38.4 Å². The summed E-state index contributed by atoms with van der Waals surface area (Å²) in [5, 5.41) is 8.70. The highest BCUT2D eigenvalue weighted by Crippen LogP contribution is 2.38. The van der Waals surface area contributed by atoms with Crippen LogP contribution in [0.15, 0.2) is 18.2 Å². The number of carbonyl (C=O) groups excluding carboxylic acids is 2. The van der Waals surface area contributed by atoms with E-state index in [1.165, 1.54) is 5.56 Å². The summed E-state index contributed by atoms with van der Waals surface area (Å²) in [6.45, 7) is 0.963. The fourth-order valence-corrected chi connectivity index (χ4v) is 4.76. The van der Waals surface area contributed by atoms with Crippen LogP contribution >= 0.6 is 11.6 Å². The van der Waals surface area contributed by atoms with E-state index >= 15 is 0 Å². The van der Waals surface area contributed by atoms with Gasteiger partial charge in [-0.2, -0.15) is 5.10 Å². The standard InChI is InChI=1S/C20H20ClN5O2/c21-10-4-5-15-13(8-10)11-2-1-3-12(17(11)23-15)20(28)26-7-6-16-14(9-26)18(19(22)27)25-24-16/h4-5,8,12,23H,1-3,6-7,9H2,(H2,22,27)(H,24,25). The van der Waals surface area contributed by atoms with Gasteiger partial charge in [-0.3, -0.25) is 14.7 Å². The van der Waals surface area contributed by atoms with Crippen LogP contribution < -0.4 is 5.73 Å². The van der Waals surface area contributed by atoms with E-state index in [9.17, 15) is 9.59 Å². The number of fused-ring (bicyclic) bond motifs is 4. The summed E-state index contributed by atoms with van der Waals surface area (Å²) in [7, 11) is 0. The molecule has 3 heterocycles. The molecule has 1 atom stereocenters. The monoisotopic (exact) mass is 397 g/mol. The van der Waals surface area contributed by atoms with E-state index in [1.807, 2.05) is 23.1 Å². The summed E-state index contributed by atoms with van der Waals surface area (Å²) in [6, 6.07) is 5.80. The lowest BCUT2D eigenvalue weighted by molar-refractivity contribution is -0.134. The van der Waals surface area contributed by atoms with Gasteiger partial charge >= 0.3 is 0 Å². The molecule has 5 rings (SSSR count). The van der Waals surface area contributed by atoms with Crippen molar-refractivity contribution < 1.29 is 9.59 Å². The largest absolute Gasteiger partial charge is 0.364 e. The number of hydrogen-bond acceptors (Lipinski definition) is 3. The van der Waals surface area contributed by atoms with E-state index < -0.39 is 5.91 Å². The Morgan fingerprint density at radius 3 is 2.93 bits per heavy atom. The molecule has 1 unspecified atom stereocenters. The topological polar surface area (TPSA) is 108 Å². The molecule has 1 aliphatic heterocycles. The summed E-state index contributed by atoms with van der Waals surface area (Å²) >= 11 is 6.18. The third kappa shape index (κ3) is 2.61. The van der Waals surface area contributed by atoms with Gasteiger partial charge in [0.25, 0.3) is 5.91 Å². The summed E-state index contributed by atoms with van der Waals surface area (Å²) in [5.74, 6) is -0.694. The summed E-state index contributed by atoms with van der Waals surface area (Å²) in [4.78, 5) is 30.3. The van der Waals surface area contributed by atoms with Crippen LogP contribution in [0.1, 0.15) is 51.8 Å². The fraction of sp³-hybridized carbons (Fsp3) is 0.350. The zero-order valence-corrected chi connectivity index (χ0v) is 16.0. The maximum Gasteiger partial charge on any atom is 0.269 e. The minimum Gasteiger partial charge on any atom is -0.364 e. The molecule has 2 aromatic heterocycles. The van der Waals surface area contributed by atoms with Crippen LogP contribution in [-0.2, 0) is 24.2 Å². The van der Waals surface area contributed by atoms with Crippen LogP contribution in [0, 0.1) is 0 Å². The first-order valence-electron chi connectivity index (χ1n) is 9.47. The minimum absolute atomic E-state index is 0.0841. The van der Waals surface area contributed by atoms with Crippen molar-refractivity contribution in [3.05, 3.63) is 51.4 Å². The number of H-pyrrole nitrogens is 2. The predicted molar refractivity (Wildman–Crippen MR) is 105 cm³/mol. The van der Waals surface area contributed by atoms with Crippen LogP contribution in [0.25, 0.3) is 10.9 Å². The Balaban J connectivity index is 1.48. The average Bonchev–Trinajstić information content (AvgIpc) is 3.28. The Morgan fingerprint density at radius 2 is 2.11 bits per heavy atom. The second-order valence-corrected chi connectivity index (χ2v) is 7.99. The van der Waals surface area contributed by atoms with E-state index in [2.05, 4.69) is 15.2 Å². The number of aromatic nitrogens is 3. The molecule has 0 radical (unpaired) electrons. The first-order chi connectivity index (χ1) is 13.5. The molecule has 144 valence electrons. The maximum atomic E-state index is 13.4. The number of hydrogen-bond donors (Lipinski definition) is 3. The van der Waals surface area contributed by atoms with Crippen molar-refractivity contribution in [1.29, 1.82) is 0 Å². The molecule has 3 aromatic rings. The van der Waals surface area contributed by atoms with E-state index in [4.69, 9.17) is 17.3 Å². The zero-order chi connectivity index (χ0) is 19.4. The van der Waals surface area contributed by atoms with Gasteiger partial charge in [0, 0.05) is 52.4 Å². The van der Waals surface area contributed by atoms with Crippen LogP contribution in [0.4, 0.5) is 0 Å². The zero-order valence-electron chi connectivity index (χ0n) is 15.2. The Labute approximate surface area is 166 Å². The first-order valence-corrected chi connectivity index (χ1v) is 9.85. The number of amides is 2. The van der Waals surface area contributed by atoms with Gasteiger partial charge in [-0.15, -0.1) is 0 Å². The Hall–Kier alpha value is -2.80. The number of nitrogens with zero attached hydrogens (tertiary/aromatic N) is 2. The second-order valence-electron chi connectivity index (χ2n) is 7.56. The van der Waals surface area contributed by atoms with Crippen molar-refractivity contribution in [2.75, 3.05) is 6.54 Å². The molecular formula is C20H20ClN5O2. The third-order valence-corrected chi connectivity index (χ3v) is 6.18. The molecule has 0 bridgehead atoms. The van der Waals surface area contributed by atoms with E-state index in [1.54, 1.807) is 0 Å². The quantitative estimate of drug-likeness (QED) is 0.618. The molecule has 0 saturated carbocycles. The molecule has 2 amide bonds. The fourth-order valence-electron chi connectivity index (χ4n) is 4.59. The lowest BCUT2D eigenvalue weighted by Gasteiger charge is -2.32. The van der Waals surface area contributed by atoms with Crippen molar-refractivity contribution in [1.82, 2.24) is 20.1 Å². The Morgan fingerprint density at radius 1 is 1.25 bits per heavy atom. The number of halogens is 1. The van der Waals surface area contributed by atoms with Gasteiger partial charge in [-0.25, -0.2) is 0 Å².